The lowest BCUT2D eigenvalue weighted by Crippen LogP contribution is -2.53. The Morgan fingerprint density at radius 1 is 0.976 bits per heavy atom. The number of carbonyl (C=O) groups is 2. The summed E-state index contributed by atoms with van der Waals surface area (Å²) >= 11 is 16.7. The molecule has 1 unspecified atom stereocenters. The number of hydrogen-bond donors (Lipinski definition) is 1. The number of carbonyl (C=O) groups excluding carboxylic acids is 2. The zero-order valence-electron chi connectivity index (χ0n) is 23.5. The Bertz CT molecular complexity index is 1310. The summed E-state index contributed by atoms with van der Waals surface area (Å²) in [6, 6.07) is 20.2. The average Bonchev–Trinajstić information content (AvgIpc) is 2.96. The monoisotopic (exact) mass is 658 g/mol. The van der Waals surface area contributed by atoms with E-state index in [2.05, 4.69) is 35.1 Å². The van der Waals surface area contributed by atoms with Crippen molar-refractivity contribution in [1.29, 1.82) is 0 Å². The summed E-state index contributed by atoms with van der Waals surface area (Å²) < 4.78 is 6.78. The van der Waals surface area contributed by atoms with Crippen LogP contribution in [0, 0.1) is 0 Å². The topological polar surface area (TPSA) is 58.6 Å². The number of benzene rings is 3. The largest absolute Gasteiger partial charge is 0.483 e. The molecule has 3 aromatic carbocycles. The fourth-order valence-corrected chi connectivity index (χ4v) is 6.20. The molecule has 0 spiro atoms. The number of hydrogen-bond acceptors (Lipinski definition) is 3. The van der Waals surface area contributed by atoms with Crippen molar-refractivity contribution >= 4 is 50.9 Å². The van der Waals surface area contributed by atoms with Crippen molar-refractivity contribution in [3.05, 3.63) is 97.9 Å². The van der Waals surface area contributed by atoms with Gasteiger partial charge in [0.1, 0.15) is 11.8 Å². The van der Waals surface area contributed by atoms with Crippen molar-refractivity contribution in [3.63, 3.8) is 0 Å². The maximum atomic E-state index is 14.0. The van der Waals surface area contributed by atoms with Crippen LogP contribution in [-0.4, -0.2) is 35.4 Å². The lowest BCUT2D eigenvalue weighted by atomic mass is 9.94. The Morgan fingerprint density at radius 3 is 2.29 bits per heavy atom. The molecule has 0 saturated heterocycles. The minimum atomic E-state index is -0.783. The average molecular weight is 660 g/mol. The van der Waals surface area contributed by atoms with Gasteiger partial charge in [0.2, 0.25) is 5.91 Å². The molecule has 1 aliphatic carbocycles. The molecule has 2 amide bonds. The first-order valence-corrected chi connectivity index (χ1v) is 15.8. The maximum absolute atomic E-state index is 14.0. The SMILES string of the molecule is CC(C)c1ccc(OCC(=O)N(Cc2c(Cl)cccc2Cl)C(Cc2ccccc2)C(=O)NC2CCCCC2)c(Br)c1. The third kappa shape index (κ3) is 8.73. The molecule has 3 aromatic rings. The maximum Gasteiger partial charge on any atom is 0.261 e. The van der Waals surface area contributed by atoms with Crippen molar-refractivity contribution in [2.75, 3.05) is 6.61 Å². The van der Waals surface area contributed by atoms with E-state index in [0.29, 0.717) is 33.7 Å². The smallest absolute Gasteiger partial charge is 0.261 e. The Labute approximate surface area is 261 Å². The summed E-state index contributed by atoms with van der Waals surface area (Å²) in [7, 11) is 0. The summed E-state index contributed by atoms with van der Waals surface area (Å²) in [5.41, 5.74) is 2.70. The van der Waals surface area contributed by atoms with Crippen LogP contribution in [0.3, 0.4) is 0 Å². The lowest BCUT2D eigenvalue weighted by molar-refractivity contribution is -0.143. The van der Waals surface area contributed by atoms with Gasteiger partial charge < -0.3 is 15.0 Å². The van der Waals surface area contributed by atoms with Crippen molar-refractivity contribution < 1.29 is 14.3 Å². The Hall–Kier alpha value is -2.54. The molecule has 1 aliphatic rings. The third-order valence-electron chi connectivity index (χ3n) is 7.59. The molecule has 1 atom stereocenters. The number of nitrogens with zero attached hydrogens (tertiary/aromatic N) is 1. The second kappa shape index (κ2) is 15.1. The molecule has 1 saturated carbocycles. The van der Waals surface area contributed by atoms with Gasteiger partial charge in [0, 0.05) is 34.6 Å². The van der Waals surface area contributed by atoms with Crippen LogP contribution in [0.1, 0.15) is 68.6 Å². The highest BCUT2D eigenvalue weighted by Crippen LogP contribution is 2.30. The van der Waals surface area contributed by atoms with Gasteiger partial charge in [-0.15, -0.1) is 0 Å². The minimum absolute atomic E-state index is 0.0732. The molecular formula is C33H37BrCl2N2O3. The first-order chi connectivity index (χ1) is 19.7. The van der Waals surface area contributed by atoms with Crippen LogP contribution in [-0.2, 0) is 22.6 Å². The fourth-order valence-electron chi connectivity index (χ4n) is 5.17. The van der Waals surface area contributed by atoms with E-state index in [-0.39, 0.29) is 31.0 Å². The highest BCUT2D eigenvalue weighted by Gasteiger charge is 2.33. The van der Waals surface area contributed by atoms with Crippen LogP contribution < -0.4 is 10.1 Å². The fraction of sp³-hybridized carbons (Fsp3) is 0.394. The van der Waals surface area contributed by atoms with Crippen LogP contribution in [0.25, 0.3) is 0 Å². The lowest BCUT2D eigenvalue weighted by Gasteiger charge is -2.33. The number of ether oxygens (including phenoxy) is 1. The van der Waals surface area contributed by atoms with Gasteiger partial charge in [0.15, 0.2) is 6.61 Å². The van der Waals surface area contributed by atoms with E-state index >= 15 is 0 Å². The minimum Gasteiger partial charge on any atom is -0.483 e. The summed E-state index contributed by atoms with van der Waals surface area (Å²) in [4.78, 5) is 29.5. The zero-order valence-corrected chi connectivity index (χ0v) is 26.6. The predicted octanol–water partition coefficient (Wildman–Crippen LogP) is 8.35. The normalized spacial score (nSPS) is 14.5. The van der Waals surface area contributed by atoms with Gasteiger partial charge in [0.25, 0.3) is 5.91 Å². The highest BCUT2D eigenvalue weighted by atomic mass is 79.9. The Balaban J connectivity index is 1.64. The number of nitrogens with one attached hydrogen (secondary N) is 1. The summed E-state index contributed by atoms with van der Waals surface area (Å²) in [5.74, 6) is 0.407. The molecule has 0 aliphatic heterocycles. The van der Waals surface area contributed by atoms with Gasteiger partial charge in [-0.25, -0.2) is 0 Å². The number of rotatable bonds is 11. The van der Waals surface area contributed by atoms with Crippen molar-refractivity contribution in [2.45, 2.75) is 76.9 Å². The van der Waals surface area contributed by atoms with Gasteiger partial charge in [-0.2, -0.15) is 0 Å². The van der Waals surface area contributed by atoms with Crippen LogP contribution in [0.15, 0.2) is 71.2 Å². The van der Waals surface area contributed by atoms with Gasteiger partial charge in [0.05, 0.1) is 4.47 Å². The van der Waals surface area contributed by atoms with Gasteiger partial charge in [-0.1, -0.05) is 98.8 Å². The quantitative estimate of drug-likeness (QED) is 0.225. The van der Waals surface area contributed by atoms with E-state index in [0.717, 1.165) is 41.3 Å². The third-order valence-corrected chi connectivity index (χ3v) is 8.91. The Morgan fingerprint density at radius 2 is 1.66 bits per heavy atom. The van der Waals surface area contributed by atoms with Crippen LogP contribution in [0.4, 0.5) is 0 Å². The molecular weight excluding hydrogens is 623 g/mol. The van der Waals surface area contributed by atoms with Crippen LogP contribution >= 0.6 is 39.1 Å². The zero-order chi connectivity index (χ0) is 29.4. The van der Waals surface area contributed by atoms with E-state index in [9.17, 15) is 9.59 Å². The Kier molecular flexibility index (Phi) is 11.5. The summed E-state index contributed by atoms with van der Waals surface area (Å²) in [5, 5.41) is 4.12. The summed E-state index contributed by atoms with van der Waals surface area (Å²) in [6.07, 6.45) is 5.59. The number of amides is 2. The van der Waals surface area contributed by atoms with Gasteiger partial charge in [-0.3, -0.25) is 9.59 Å². The molecule has 1 N–H and O–H groups in total. The molecule has 0 aromatic heterocycles. The predicted molar refractivity (Wildman–Crippen MR) is 170 cm³/mol. The second-order valence-corrected chi connectivity index (χ2v) is 12.6. The van der Waals surface area contributed by atoms with Crippen LogP contribution in [0.2, 0.25) is 10.0 Å². The first-order valence-electron chi connectivity index (χ1n) is 14.2. The first kappa shape index (κ1) is 31.4. The van der Waals surface area contributed by atoms with Crippen molar-refractivity contribution in [1.82, 2.24) is 10.2 Å². The molecule has 41 heavy (non-hydrogen) atoms. The molecule has 218 valence electrons. The molecule has 0 bridgehead atoms. The molecule has 1 fully saturated rings. The molecule has 0 radical (unpaired) electrons. The standard InChI is InChI=1S/C33H37BrCl2N2O3/c1-22(2)24-16-17-31(27(34)19-24)41-21-32(39)38(20-26-28(35)14-9-15-29(26)36)30(18-23-10-5-3-6-11-23)33(40)37-25-12-7-4-8-13-25/h3,5-6,9-11,14-17,19,22,25,30H,4,7-8,12-13,18,20-21H2,1-2H3,(H,37,40). The van der Waals surface area contributed by atoms with Crippen molar-refractivity contribution in [2.24, 2.45) is 0 Å². The second-order valence-electron chi connectivity index (χ2n) is 10.9. The van der Waals surface area contributed by atoms with E-state index < -0.39 is 6.04 Å². The van der Waals surface area contributed by atoms with E-state index in [1.165, 1.54) is 6.42 Å². The molecule has 4 rings (SSSR count). The van der Waals surface area contributed by atoms with Gasteiger partial charge in [-0.05, 0) is 70.1 Å². The molecule has 0 heterocycles. The molecule has 8 heteroatoms. The van der Waals surface area contributed by atoms with Gasteiger partial charge >= 0.3 is 0 Å². The summed E-state index contributed by atoms with van der Waals surface area (Å²) in [6.45, 7) is 4.07. The van der Waals surface area contributed by atoms with E-state index in [4.69, 9.17) is 27.9 Å². The van der Waals surface area contributed by atoms with Crippen molar-refractivity contribution in [3.8, 4) is 5.75 Å². The van der Waals surface area contributed by atoms with Crippen LogP contribution in [0.5, 0.6) is 5.75 Å². The highest BCUT2D eigenvalue weighted by molar-refractivity contribution is 9.10. The number of halogens is 3. The van der Waals surface area contributed by atoms with E-state index in [1.807, 2.05) is 48.5 Å². The van der Waals surface area contributed by atoms with E-state index in [1.54, 1.807) is 23.1 Å². The molecule has 5 nitrogen and oxygen atoms in total.